The monoisotopic (exact) mass is 303 g/mol. The van der Waals surface area contributed by atoms with Crippen molar-refractivity contribution in [2.45, 2.75) is 31.7 Å². The van der Waals surface area contributed by atoms with E-state index in [1.54, 1.807) is 17.1 Å². The molecule has 1 atom stereocenters. The average molecular weight is 303 g/mol. The van der Waals surface area contributed by atoms with E-state index in [1.807, 2.05) is 17.3 Å². The summed E-state index contributed by atoms with van der Waals surface area (Å²) in [6.07, 6.45) is 9.99. The predicted octanol–water partition coefficient (Wildman–Crippen LogP) is 0.980. The van der Waals surface area contributed by atoms with E-state index in [1.165, 1.54) is 0 Å². The maximum atomic E-state index is 12.2. The van der Waals surface area contributed by atoms with Crippen molar-refractivity contribution in [3.8, 4) is 0 Å². The molecule has 0 aliphatic carbocycles. The van der Waals surface area contributed by atoms with E-state index in [4.69, 9.17) is 0 Å². The van der Waals surface area contributed by atoms with Crippen LogP contribution < -0.4 is 5.32 Å². The predicted molar refractivity (Wildman–Crippen MR) is 80.2 cm³/mol. The molecule has 0 radical (unpaired) electrons. The highest BCUT2D eigenvalue weighted by Crippen LogP contribution is 2.24. The van der Waals surface area contributed by atoms with Crippen LogP contribution >= 0.6 is 0 Å². The summed E-state index contributed by atoms with van der Waals surface area (Å²) in [6, 6.07) is 0.00912. The number of aryl methyl sites for hydroxylation is 1. The maximum absolute atomic E-state index is 12.2. The lowest BCUT2D eigenvalue weighted by atomic mass is 9.98. The van der Waals surface area contributed by atoms with Crippen molar-refractivity contribution in [1.82, 2.24) is 35.2 Å². The summed E-state index contributed by atoms with van der Waals surface area (Å²) in [4.78, 5) is 21.6. The van der Waals surface area contributed by atoms with Crippen LogP contribution in [0.25, 0.3) is 0 Å². The molecule has 118 valence electrons. The summed E-state index contributed by atoms with van der Waals surface area (Å²) in [5, 5.41) is 10.6. The van der Waals surface area contributed by atoms with E-state index < -0.39 is 0 Å². The van der Waals surface area contributed by atoms with Crippen LogP contribution in [0.4, 0.5) is 4.79 Å². The van der Waals surface area contributed by atoms with Crippen molar-refractivity contribution in [1.29, 1.82) is 0 Å². The molecular formula is C14H21N7O. The van der Waals surface area contributed by atoms with E-state index in [0.717, 1.165) is 44.7 Å². The van der Waals surface area contributed by atoms with Gasteiger partial charge in [0.2, 0.25) is 0 Å². The Kier molecular flexibility index (Phi) is 4.67. The fourth-order valence-corrected chi connectivity index (χ4v) is 2.79. The number of piperidine rings is 1. The van der Waals surface area contributed by atoms with Gasteiger partial charge in [0.05, 0.1) is 6.20 Å². The van der Waals surface area contributed by atoms with E-state index in [2.05, 4.69) is 25.6 Å². The largest absolute Gasteiger partial charge is 0.348 e. The number of hydrogen-bond donors (Lipinski definition) is 2. The van der Waals surface area contributed by atoms with Crippen LogP contribution in [0.15, 0.2) is 24.8 Å². The molecule has 22 heavy (non-hydrogen) atoms. The first kappa shape index (κ1) is 14.6. The number of aromatic nitrogens is 5. The molecule has 1 saturated heterocycles. The smallest absolute Gasteiger partial charge is 0.317 e. The van der Waals surface area contributed by atoms with E-state index in [9.17, 15) is 4.79 Å². The second-order valence-corrected chi connectivity index (χ2v) is 5.51. The summed E-state index contributed by atoms with van der Waals surface area (Å²) in [5.74, 6) is 1.29. The van der Waals surface area contributed by atoms with Crippen LogP contribution in [0.1, 0.15) is 31.0 Å². The van der Waals surface area contributed by atoms with Crippen molar-refractivity contribution in [3.63, 3.8) is 0 Å². The van der Waals surface area contributed by atoms with Crippen LogP contribution in [0.3, 0.4) is 0 Å². The van der Waals surface area contributed by atoms with Gasteiger partial charge in [-0.25, -0.2) is 9.78 Å². The van der Waals surface area contributed by atoms with E-state index >= 15 is 0 Å². The number of carbonyl (C=O) groups is 1. The Balaban J connectivity index is 1.41. The number of rotatable bonds is 5. The van der Waals surface area contributed by atoms with Gasteiger partial charge in [-0.1, -0.05) is 5.21 Å². The second kappa shape index (κ2) is 7.06. The Morgan fingerprint density at radius 2 is 2.41 bits per heavy atom. The van der Waals surface area contributed by atoms with Gasteiger partial charge in [-0.3, -0.25) is 4.68 Å². The molecule has 0 saturated carbocycles. The van der Waals surface area contributed by atoms with Crippen LogP contribution in [0, 0.1) is 0 Å². The fraction of sp³-hybridized carbons (Fsp3) is 0.571. The van der Waals surface area contributed by atoms with Gasteiger partial charge in [0.1, 0.15) is 5.82 Å². The quantitative estimate of drug-likeness (QED) is 0.805. The number of urea groups is 1. The first-order valence-electron chi connectivity index (χ1n) is 7.69. The van der Waals surface area contributed by atoms with Gasteiger partial charge in [0, 0.05) is 50.7 Å². The molecule has 1 aliphatic heterocycles. The Morgan fingerprint density at radius 1 is 1.45 bits per heavy atom. The molecule has 2 amide bonds. The summed E-state index contributed by atoms with van der Waals surface area (Å²) >= 11 is 0. The Labute approximate surface area is 128 Å². The zero-order valence-electron chi connectivity index (χ0n) is 12.5. The third-order valence-electron chi connectivity index (χ3n) is 3.93. The van der Waals surface area contributed by atoms with Gasteiger partial charge in [0.25, 0.3) is 0 Å². The molecule has 0 spiro atoms. The van der Waals surface area contributed by atoms with Crippen LogP contribution in [0.5, 0.6) is 0 Å². The average Bonchev–Trinajstić information content (AvgIpc) is 3.24. The molecule has 8 heteroatoms. The standard InChI is InChI=1S/C14H21N7O/c22-14(17-4-2-9-21-10-7-18-19-21)20-8-1-3-12(11-20)13-15-5-6-16-13/h5-7,10,12H,1-4,8-9,11H2,(H,15,16)(H,17,22). The van der Waals surface area contributed by atoms with Gasteiger partial charge >= 0.3 is 6.03 Å². The summed E-state index contributed by atoms with van der Waals surface area (Å²) in [6.45, 7) is 2.93. The number of nitrogens with one attached hydrogen (secondary N) is 2. The highest BCUT2D eigenvalue weighted by molar-refractivity contribution is 5.74. The zero-order valence-corrected chi connectivity index (χ0v) is 12.5. The molecule has 0 aromatic carbocycles. The van der Waals surface area contributed by atoms with Gasteiger partial charge in [0.15, 0.2) is 0 Å². The highest BCUT2D eigenvalue weighted by Gasteiger charge is 2.25. The number of aromatic amines is 1. The van der Waals surface area contributed by atoms with Crippen LogP contribution in [0.2, 0.25) is 0 Å². The normalized spacial score (nSPS) is 18.4. The molecule has 1 aliphatic rings. The number of hydrogen-bond acceptors (Lipinski definition) is 4. The van der Waals surface area contributed by atoms with Crippen molar-refractivity contribution in [2.24, 2.45) is 0 Å². The van der Waals surface area contributed by atoms with Gasteiger partial charge in [-0.15, -0.1) is 5.10 Å². The highest BCUT2D eigenvalue weighted by atomic mass is 16.2. The number of carbonyl (C=O) groups excluding carboxylic acids is 1. The molecule has 2 aromatic rings. The molecular weight excluding hydrogens is 282 g/mol. The molecule has 2 aromatic heterocycles. The van der Waals surface area contributed by atoms with Crippen molar-refractivity contribution < 1.29 is 4.79 Å². The first-order chi connectivity index (χ1) is 10.8. The van der Waals surface area contributed by atoms with Crippen molar-refractivity contribution in [2.75, 3.05) is 19.6 Å². The lowest BCUT2D eigenvalue weighted by molar-refractivity contribution is 0.178. The molecule has 0 bridgehead atoms. The minimum absolute atomic E-state index is 0.00912. The molecule has 1 fully saturated rings. The summed E-state index contributed by atoms with van der Waals surface area (Å²) in [7, 11) is 0. The molecule has 3 heterocycles. The topological polar surface area (TPSA) is 91.7 Å². The minimum Gasteiger partial charge on any atom is -0.348 e. The number of H-pyrrole nitrogens is 1. The molecule has 3 rings (SSSR count). The first-order valence-corrected chi connectivity index (χ1v) is 7.69. The molecule has 8 nitrogen and oxygen atoms in total. The van der Waals surface area contributed by atoms with Gasteiger partial charge < -0.3 is 15.2 Å². The molecule has 1 unspecified atom stereocenters. The van der Waals surface area contributed by atoms with Gasteiger partial charge in [-0.2, -0.15) is 0 Å². The number of likely N-dealkylation sites (tertiary alicyclic amines) is 1. The zero-order chi connectivity index (χ0) is 15.2. The number of imidazole rings is 1. The SMILES string of the molecule is O=C(NCCCn1ccnn1)N1CCCC(c2ncc[nH]2)C1. The lowest BCUT2D eigenvalue weighted by Crippen LogP contribution is -2.45. The summed E-state index contributed by atoms with van der Waals surface area (Å²) < 4.78 is 1.76. The van der Waals surface area contributed by atoms with Crippen molar-refractivity contribution in [3.05, 3.63) is 30.6 Å². The fourth-order valence-electron chi connectivity index (χ4n) is 2.79. The Hall–Kier alpha value is -2.38. The number of nitrogens with zero attached hydrogens (tertiary/aromatic N) is 5. The second-order valence-electron chi connectivity index (χ2n) is 5.51. The lowest BCUT2D eigenvalue weighted by Gasteiger charge is -2.31. The molecule has 2 N–H and O–H groups in total. The maximum Gasteiger partial charge on any atom is 0.317 e. The van der Waals surface area contributed by atoms with Crippen LogP contribution in [-0.4, -0.2) is 55.5 Å². The van der Waals surface area contributed by atoms with Gasteiger partial charge in [-0.05, 0) is 19.3 Å². The Bertz CT molecular complexity index is 566. The van der Waals surface area contributed by atoms with E-state index in [0.29, 0.717) is 12.5 Å². The summed E-state index contributed by atoms with van der Waals surface area (Å²) in [5.41, 5.74) is 0. The van der Waals surface area contributed by atoms with E-state index in [-0.39, 0.29) is 6.03 Å². The van der Waals surface area contributed by atoms with Crippen molar-refractivity contribution >= 4 is 6.03 Å². The third-order valence-corrected chi connectivity index (χ3v) is 3.93. The minimum atomic E-state index is 0.00912. The third kappa shape index (κ3) is 3.63. The Morgan fingerprint density at radius 3 is 3.18 bits per heavy atom. The number of amides is 2. The van der Waals surface area contributed by atoms with Crippen LogP contribution in [-0.2, 0) is 6.54 Å².